The van der Waals surface area contributed by atoms with E-state index in [1.807, 2.05) is 4.98 Å². The standard InChI is InChI=1S/C19H22F2N7O9PS/c20-10-13(31)8(36-17(10)28-6-25-12-15(22)23-5-24-16(12)28)4-34-38(33,39)37-14-7(3-29)35-18(11(14)21)27-2-1-9(30)26-19(27)32/h1-2,5-8,10-11,13-14,17-18,29,31H,3-4H2,(H,33,39)(H2,22,23,24)(H,26,30,32)/t7-,8-,10?,11?,13?,14?,17-,18-,38?/m1/s1. The van der Waals surface area contributed by atoms with E-state index in [4.69, 9.17) is 36.1 Å². The minimum absolute atomic E-state index is 0.0571. The number of aromatic nitrogens is 6. The smallest absolute Gasteiger partial charge is 0.330 e. The molecule has 2 aliphatic heterocycles. The lowest BCUT2D eigenvalue weighted by Gasteiger charge is -2.25. The van der Waals surface area contributed by atoms with Crippen LogP contribution in [0.5, 0.6) is 0 Å². The summed E-state index contributed by atoms with van der Waals surface area (Å²) in [5.74, 6) is 0.0571. The van der Waals surface area contributed by atoms with Crippen LogP contribution in [0.4, 0.5) is 14.6 Å². The number of hydrogen-bond donors (Lipinski definition) is 5. The van der Waals surface area contributed by atoms with E-state index in [1.54, 1.807) is 0 Å². The number of nitrogen functional groups attached to an aromatic ring is 1. The second kappa shape index (κ2) is 10.7. The average Bonchev–Trinajstić information content (AvgIpc) is 3.53. The van der Waals surface area contributed by atoms with E-state index in [-0.39, 0.29) is 17.0 Å². The van der Waals surface area contributed by atoms with Crippen molar-refractivity contribution >= 4 is 35.5 Å². The van der Waals surface area contributed by atoms with E-state index < -0.39 is 80.4 Å². The third-order valence-electron chi connectivity index (χ3n) is 6.18. The summed E-state index contributed by atoms with van der Waals surface area (Å²) in [5, 5.41) is 20.0. The van der Waals surface area contributed by atoms with Crippen LogP contribution in [-0.2, 0) is 30.3 Å². The van der Waals surface area contributed by atoms with Crippen LogP contribution in [0.2, 0.25) is 0 Å². The molecule has 16 nitrogen and oxygen atoms in total. The predicted molar refractivity (Wildman–Crippen MR) is 129 cm³/mol. The lowest BCUT2D eigenvalue weighted by atomic mass is 10.1. The first-order valence-electron chi connectivity index (χ1n) is 11.3. The third kappa shape index (κ3) is 5.24. The van der Waals surface area contributed by atoms with Gasteiger partial charge in [-0.2, -0.15) is 0 Å². The van der Waals surface area contributed by atoms with Crippen LogP contribution in [0.3, 0.4) is 0 Å². The second-order valence-electron chi connectivity index (χ2n) is 8.63. The van der Waals surface area contributed by atoms with Crippen LogP contribution in [0.1, 0.15) is 12.5 Å². The summed E-state index contributed by atoms with van der Waals surface area (Å²) in [6, 6.07) is 0.964. The number of aromatic amines is 1. The molecular formula is C19H22F2N7O9PS. The number of nitrogens with two attached hydrogens (primary N) is 1. The number of aliphatic hydroxyl groups excluding tert-OH is 2. The van der Waals surface area contributed by atoms with Gasteiger partial charge in [0.15, 0.2) is 36.3 Å². The van der Waals surface area contributed by atoms with Crippen molar-refractivity contribution in [3.63, 3.8) is 0 Å². The molecule has 3 aromatic rings. The number of alkyl halides is 2. The minimum Gasteiger partial charge on any atom is -0.394 e. The van der Waals surface area contributed by atoms with Crippen LogP contribution in [-0.4, -0.2) is 94.1 Å². The first kappa shape index (κ1) is 27.8. The van der Waals surface area contributed by atoms with Crippen molar-refractivity contribution in [2.75, 3.05) is 18.9 Å². The van der Waals surface area contributed by atoms with Crippen molar-refractivity contribution in [2.45, 2.75) is 49.2 Å². The molecule has 20 heteroatoms. The van der Waals surface area contributed by atoms with Crippen molar-refractivity contribution in [3.8, 4) is 0 Å². The van der Waals surface area contributed by atoms with Gasteiger partial charge in [-0.1, -0.05) is 0 Å². The normalized spacial score (nSPS) is 32.5. The monoisotopic (exact) mass is 593 g/mol. The number of nitrogens with zero attached hydrogens (tertiary/aromatic N) is 5. The lowest BCUT2D eigenvalue weighted by molar-refractivity contribution is -0.0535. The Morgan fingerprint density at radius 2 is 1.87 bits per heavy atom. The van der Waals surface area contributed by atoms with Gasteiger partial charge in [0, 0.05) is 12.3 Å². The molecule has 0 amide bonds. The highest BCUT2D eigenvalue weighted by Crippen LogP contribution is 2.50. The molecule has 5 unspecified atom stereocenters. The van der Waals surface area contributed by atoms with E-state index >= 15 is 4.39 Å². The SMILES string of the molecule is Nc1ncnc2c1ncn2[C@@H]1O[C@H](COP(O)(=S)OC2C(F)[C@H](n3ccc(=O)[nH]c3=O)O[C@@H]2CO)C(O)C1F. The van der Waals surface area contributed by atoms with Crippen molar-refractivity contribution in [1.29, 1.82) is 0 Å². The first-order chi connectivity index (χ1) is 18.5. The number of aliphatic hydroxyl groups is 2. The Balaban J connectivity index is 1.26. The molecule has 6 N–H and O–H groups in total. The highest BCUT2D eigenvalue weighted by Gasteiger charge is 2.50. The van der Waals surface area contributed by atoms with Gasteiger partial charge in [-0.25, -0.2) is 28.5 Å². The van der Waals surface area contributed by atoms with Gasteiger partial charge in [-0.15, -0.1) is 0 Å². The number of imidazole rings is 1. The molecule has 2 aliphatic rings. The summed E-state index contributed by atoms with van der Waals surface area (Å²) in [7, 11) is 0. The number of fused-ring (bicyclic) bond motifs is 1. The van der Waals surface area contributed by atoms with Crippen molar-refractivity contribution in [3.05, 3.63) is 45.8 Å². The fourth-order valence-corrected chi connectivity index (χ4v) is 5.73. The van der Waals surface area contributed by atoms with Gasteiger partial charge in [0.2, 0.25) is 0 Å². The molecule has 0 aliphatic carbocycles. The van der Waals surface area contributed by atoms with E-state index in [0.29, 0.717) is 0 Å². The summed E-state index contributed by atoms with van der Waals surface area (Å²) in [6.45, 7) is -5.74. The molecule has 0 saturated carbocycles. The molecule has 0 aromatic carbocycles. The van der Waals surface area contributed by atoms with E-state index in [1.165, 1.54) is 10.9 Å². The zero-order valence-electron chi connectivity index (χ0n) is 19.6. The van der Waals surface area contributed by atoms with Gasteiger partial charge in [0.05, 0.1) is 19.5 Å². The zero-order valence-corrected chi connectivity index (χ0v) is 21.3. The Morgan fingerprint density at radius 3 is 2.59 bits per heavy atom. The van der Waals surface area contributed by atoms with Crippen LogP contribution < -0.4 is 17.0 Å². The second-order valence-corrected chi connectivity index (χ2v) is 11.4. The highest BCUT2D eigenvalue weighted by molar-refractivity contribution is 8.07. The van der Waals surface area contributed by atoms with Gasteiger partial charge in [0.1, 0.15) is 36.3 Å². The first-order valence-corrected chi connectivity index (χ1v) is 13.9. The molecule has 0 bridgehead atoms. The number of nitrogens with one attached hydrogen (secondary N) is 1. The fourth-order valence-electron chi connectivity index (χ4n) is 4.29. The van der Waals surface area contributed by atoms with Gasteiger partial charge in [-0.3, -0.25) is 23.4 Å². The minimum atomic E-state index is -4.30. The van der Waals surface area contributed by atoms with E-state index in [9.17, 15) is 29.1 Å². The summed E-state index contributed by atoms with van der Waals surface area (Å²) in [4.78, 5) is 47.7. The molecule has 9 atom stereocenters. The number of hydrogen-bond acceptors (Lipinski definition) is 13. The number of anilines is 1. The Hall–Kier alpha value is -2.74. The average molecular weight is 593 g/mol. The number of H-pyrrole nitrogens is 1. The molecule has 2 fully saturated rings. The molecule has 0 radical (unpaired) electrons. The molecule has 2 saturated heterocycles. The maximum atomic E-state index is 15.3. The maximum Gasteiger partial charge on any atom is 0.330 e. The predicted octanol–water partition coefficient (Wildman–Crippen LogP) is -1.60. The summed E-state index contributed by atoms with van der Waals surface area (Å²) < 4.78 is 53.6. The number of rotatable bonds is 8. The third-order valence-corrected chi connectivity index (χ3v) is 7.74. The molecule has 3 aromatic heterocycles. The Kier molecular flexibility index (Phi) is 7.61. The largest absolute Gasteiger partial charge is 0.394 e. The molecular weight excluding hydrogens is 571 g/mol. The van der Waals surface area contributed by atoms with Gasteiger partial charge in [-0.05, 0) is 11.8 Å². The van der Waals surface area contributed by atoms with Gasteiger partial charge < -0.3 is 34.8 Å². The molecule has 39 heavy (non-hydrogen) atoms. The van der Waals surface area contributed by atoms with Gasteiger partial charge in [0.25, 0.3) is 5.56 Å². The van der Waals surface area contributed by atoms with Crippen molar-refractivity contribution < 1.29 is 42.4 Å². The van der Waals surface area contributed by atoms with Crippen LogP contribution >= 0.6 is 6.72 Å². The van der Waals surface area contributed by atoms with Crippen LogP contribution in [0, 0.1) is 0 Å². The summed E-state index contributed by atoms with van der Waals surface area (Å²) in [5.41, 5.74) is 4.40. The Labute approximate surface area is 221 Å². The molecule has 0 spiro atoms. The quantitative estimate of drug-likeness (QED) is 0.186. The van der Waals surface area contributed by atoms with Crippen LogP contribution in [0.15, 0.2) is 34.5 Å². The Morgan fingerprint density at radius 1 is 1.15 bits per heavy atom. The van der Waals surface area contributed by atoms with Crippen molar-refractivity contribution in [2.24, 2.45) is 0 Å². The van der Waals surface area contributed by atoms with Crippen molar-refractivity contribution in [1.82, 2.24) is 29.1 Å². The number of halogens is 2. The molecule has 212 valence electrons. The maximum absolute atomic E-state index is 15.3. The number of ether oxygens (including phenoxy) is 2. The van der Waals surface area contributed by atoms with Crippen LogP contribution in [0.25, 0.3) is 11.2 Å². The molecule has 5 heterocycles. The lowest BCUT2D eigenvalue weighted by Crippen LogP contribution is -2.36. The van der Waals surface area contributed by atoms with E-state index in [0.717, 1.165) is 23.2 Å². The summed E-state index contributed by atoms with van der Waals surface area (Å²) in [6.07, 6.45) is -9.91. The van der Waals surface area contributed by atoms with E-state index in [2.05, 4.69) is 15.0 Å². The zero-order chi connectivity index (χ0) is 28.1. The molecule has 5 rings (SSSR count). The fraction of sp³-hybridized carbons (Fsp3) is 0.526. The summed E-state index contributed by atoms with van der Waals surface area (Å²) >= 11 is 4.95. The van der Waals surface area contributed by atoms with Gasteiger partial charge >= 0.3 is 12.4 Å². The topological polar surface area (TPSA) is 222 Å². The highest BCUT2D eigenvalue weighted by atomic mass is 32.5. The Bertz CT molecular complexity index is 1520.